The van der Waals surface area contributed by atoms with Crippen LogP contribution in [-0.2, 0) is 15.8 Å². The molecule has 4 atom stereocenters. The van der Waals surface area contributed by atoms with Gasteiger partial charge in [-0.1, -0.05) is 57.4 Å². The third-order valence-corrected chi connectivity index (χ3v) is 9.27. The molecule has 1 spiro atoms. The van der Waals surface area contributed by atoms with Crippen LogP contribution in [-0.4, -0.2) is 41.5 Å². The molecule has 1 saturated carbocycles. The fourth-order valence-corrected chi connectivity index (χ4v) is 6.92. The first-order chi connectivity index (χ1) is 19.4. The molecule has 1 aromatic carbocycles. The molecule has 0 aromatic heterocycles. The van der Waals surface area contributed by atoms with Gasteiger partial charge in [0.05, 0.1) is 17.4 Å². The number of hydrogen-bond donors (Lipinski definition) is 5. The maximum atomic E-state index is 13.8. The van der Waals surface area contributed by atoms with Crippen molar-refractivity contribution >= 4 is 29.4 Å². The van der Waals surface area contributed by atoms with Gasteiger partial charge in [-0.05, 0) is 49.4 Å². The lowest BCUT2D eigenvalue weighted by molar-refractivity contribution is -0.189. The number of piperidine rings is 1. The molecule has 3 aliphatic rings. The lowest BCUT2D eigenvalue weighted by Crippen LogP contribution is -2.64. The minimum atomic E-state index is -4.59. The second-order valence-corrected chi connectivity index (χ2v) is 12.2. The predicted octanol–water partition coefficient (Wildman–Crippen LogP) is 5.65. The highest BCUT2D eigenvalue weighted by atomic mass is 32.2. The molecule has 2 amide bonds. The Morgan fingerprint density at radius 3 is 2.15 bits per heavy atom. The minimum Gasteiger partial charge on any atom is -0.341 e. The van der Waals surface area contributed by atoms with Gasteiger partial charge in [0.15, 0.2) is 0 Å². The quantitative estimate of drug-likeness (QED) is 0.224. The topological polar surface area (TPSA) is 94.3 Å². The maximum Gasteiger partial charge on any atom is 0.416 e. The highest BCUT2D eigenvalue weighted by Crippen LogP contribution is 2.43. The van der Waals surface area contributed by atoms with Gasteiger partial charge in [-0.3, -0.25) is 9.59 Å². The van der Waals surface area contributed by atoms with Crippen LogP contribution in [0.4, 0.5) is 32.0 Å². The summed E-state index contributed by atoms with van der Waals surface area (Å²) in [4.78, 5) is 29.4. The number of carbonyl (C=O) groups excluding carboxylic acids is 2. The van der Waals surface area contributed by atoms with Crippen molar-refractivity contribution in [1.82, 2.24) is 20.9 Å². The molecule has 7 nitrogen and oxygen atoms in total. The molecule has 2 aliphatic heterocycles. The van der Waals surface area contributed by atoms with E-state index in [1.54, 1.807) is 0 Å². The molecule has 230 valence electrons. The number of amides is 2. The number of anilines is 1. The molecular formula is C27H37F6N5O2S. The van der Waals surface area contributed by atoms with Crippen molar-refractivity contribution in [2.24, 2.45) is 11.8 Å². The Morgan fingerprint density at radius 1 is 0.902 bits per heavy atom. The van der Waals surface area contributed by atoms with Crippen LogP contribution in [0, 0.1) is 11.8 Å². The maximum absolute atomic E-state index is 13.8. The highest BCUT2D eigenvalue weighted by molar-refractivity contribution is 7.98. The van der Waals surface area contributed by atoms with Crippen LogP contribution in [0.15, 0.2) is 24.3 Å². The van der Waals surface area contributed by atoms with E-state index in [1.807, 2.05) is 0 Å². The number of carbonyl (C=O) groups is 2. The van der Waals surface area contributed by atoms with E-state index in [4.69, 9.17) is 0 Å². The summed E-state index contributed by atoms with van der Waals surface area (Å²) in [5.41, 5.74) is 0.908. The van der Waals surface area contributed by atoms with Gasteiger partial charge in [0.1, 0.15) is 11.4 Å². The van der Waals surface area contributed by atoms with Crippen molar-refractivity contribution in [1.29, 1.82) is 0 Å². The Kier molecular flexibility index (Phi) is 10.5. The van der Waals surface area contributed by atoms with E-state index < -0.39 is 58.5 Å². The molecule has 1 aliphatic carbocycles. The number of alkyl halides is 6. The normalized spacial score (nSPS) is 28.0. The largest absolute Gasteiger partial charge is 0.416 e. The number of hydrazine groups is 1. The number of nitrogens with one attached hydrogen (secondary N) is 5. The van der Waals surface area contributed by atoms with Crippen molar-refractivity contribution in [3.63, 3.8) is 0 Å². The van der Waals surface area contributed by atoms with Gasteiger partial charge in [-0.25, -0.2) is 5.43 Å². The molecule has 4 unspecified atom stereocenters. The van der Waals surface area contributed by atoms with Crippen molar-refractivity contribution in [3.05, 3.63) is 29.8 Å². The number of hydrogen-bond acceptors (Lipinski definition) is 6. The SMILES string of the molecule is O=C(Nc1cccc(C(F)(F)F)c1)C1NNSC1NC(=O)C1CC(C(F)(F)F)CNC12CCCCCCCCCC2. The third kappa shape index (κ3) is 8.29. The molecular weight excluding hydrogens is 572 g/mol. The summed E-state index contributed by atoms with van der Waals surface area (Å²) in [6, 6.07) is 3.08. The van der Waals surface area contributed by atoms with Gasteiger partial charge in [0.2, 0.25) is 11.8 Å². The van der Waals surface area contributed by atoms with E-state index in [0.717, 1.165) is 75.4 Å². The van der Waals surface area contributed by atoms with E-state index in [9.17, 15) is 35.9 Å². The van der Waals surface area contributed by atoms with Gasteiger partial charge in [0, 0.05) is 17.8 Å². The number of benzene rings is 1. The van der Waals surface area contributed by atoms with Gasteiger partial charge < -0.3 is 16.0 Å². The molecule has 0 radical (unpaired) electrons. The molecule has 2 saturated heterocycles. The zero-order valence-electron chi connectivity index (χ0n) is 22.6. The molecule has 1 aromatic rings. The van der Waals surface area contributed by atoms with Crippen LogP contribution in [0.5, 0.6) is 0 Å². The van der Waals surface area contributed by atoms with Crippen molar-refractivity contribution in [2.75, 3.05) is 11.9 Å². The van der Waals surface area contributed by atoms with Crippen LogP contribution < -0.4 is 26.2 Å². The van der Waals surface area contributed by atoms with Crippen LogP contribution >= 0.6 is 11.9 Å². The minimum absolute atomic E-state index is 0.0746. The Balaban J connectivity index is 1.50. The second-order valence-electron chi connectivity index (χ2n) is 11.2. The summed E-state index contributed by atoms with van der Waals surface area (Å²) in [7, 11) is 0. The Morgan fingerprint density at radius 2 is 1.54 bits per heavy atom. The highest BCUT2D eigenvalue weighted by Gasteiger charge is 2.53. The Labute approximate surface area is 239 Å². The van der Waals surface area contributed by atoms with Gasteiger partial charge >= 0.3 is 12.4 Å². The van der Waals surface area contributed by atoms with E-state index in [-0.39, 0.29) is 18.7 Å². The Hall–Kier alpha value is -2.03. The summed E-state index contributed by atoms with van der Waals surface area (Å²) < 4.78 is 80.7. The van der Waals surface area contributed by atoms with E-state index in [2.05, 4.69) is 26.2 Å². The standard InChI is InChI=1S/C27H37F6N5O2S/c28-26(29,30)17-10-9-11-19(14-17)35-23(40)21-24(41-38-37-21)36-22(39)20-15-18(27(31,32)33)16-34-25(20)12-7-5-3-1-2-4-6-8-13-25/h9-11,14,18,20-21,24,34,37-38H,1-8,12-13,15-16H2,(H,35,40)(H,36,39). The second kappa shape index (κ2) is 13.5. The fraction of sp³-hybridized carbons (Fsp3) is 0.704. The first kappa shape index (κ1) is 31.9. The summed E-state index contributed by atoms with van der Waals surface area (Å²) in [5.74, 6) is -3.90. The molecule has 4 rings (SSSR count). The average Bonchev–Trinajstić information content (AvgIpc) is 3.35. The van der Waals surface area contributed by atoms with Gasteiger partial charge in [-0.2, -0.15) is 31.2 Å². The fourth-order valence-electron chi connectivity index (χ4n) is 6.10. The van der Waals surface area contributed by atoms with Crippen molar-refractivity contribution in [3.8, 4) is 0 Å². The van der Waals surface area contributed by atoms with Crippen molar-refractivity contribution < 1.29 is 35.9 Å². The van der Waals surface area contributed by atoms with Crippen LogP contribution in [0.2, 0.25) is 0 Å². The average molecular weight is 610 g/mol. The van der Waals surface area contributed by atoms with Crippen LogP contribution in [0.1, 0.15) is 76.2 Å². The summed E-state index contributed by atoms with van der Waals surface area (Å²) in [5, 5.41) is 7.48. The first-order valence-electron chi connectivity index (χ1n) is 14.2. The summed E-state index contributed by atoms with van der Waals surface area (Å²) in [6.07, 6.45) is -0.358. The van der Waals surface area contributed by atoms with Gasteiger partial charge in [-0.15, -0.1) is 0 Å². The molecule has 14 heteroatoms. The zero-order valence-corrected chi connectivity index (χ0v) is 23.4. The Bertz CT molecular complexity index is 1040. The van der Waals surface area contributed by atoms with Crippen LogP contribution in [0.3, 0.4) is 0 Å². The first-order valence-corrected chi connectivity index (χ1v) is 15.0. The lowest BCUT2D eigenvalue weighted by Gasteiger charge is -2.48. The smallest absolute Gasteiger partial charge is 0.341 e. The zero-order chi connectivity index (χ0) is 29.7. The van der Waals surface area contributed by atoms with Crippen molar-refractivity contribution in [2.45, 2.75) is 99.9 Å². The lowest BCUT2D eigenvalue weighted by atomic mass is 9.68. The van der Waals surface area contributed by atoms with E-state index in [0.29, 0.717) is 12.8 Å². The van der Waals surface area contributed by atoms with Crippen LogP contribution in [0.25, 0.3) is 0 Å². The van der Waals surface area contributed by atoms with E-state index >= 15 is 0 Å². The molecule has 2 heterocycles. The number of halogens is 6. The molecule has 41 heavy (non-hydrogen) atoms. The summed E-state index contributed by atoms with van der Waals surface area (Å²) in [6.45, 7) is -0.239. The molecule has 3 fully saturated rings. The summed E-state index contributed by atoms with van der Waals surface area (Å²) >= 11 is 0.970. The molecule has 5 N–H and O–H groups in total. The van der Waals surface area contributed by atoms with E-state index in [1.165, 1.54) is 12.1 Å². The van der Waals surface area contributed by atoms with Gasteiger partial charge in [0.25, 0.3) is 0 Å². The molecule has 0 bridgehead atoms. The third-order valence-electron chi connectivity index (χ3n) is 8.39. The monoisotopic (exact) mass is 609 g/mol. The predicted molar refractivity (Wildman–Crippen MR) is 144 cm³/mol. The number of rotatable bonds is 4.